The molecule has 0 aromatic carbocycles. The number of hydrogen-bond donors (Lipinski definition) is 2. The van der Waals surface area contributed by atoms with E-state index in [2.05, 4.69) is 34.0 Å². The van der Waals surface area contributed by atoms with Crippen molar-refractivity contribution in [1.29, 1.82) is 0 Å². The first-order valence-corrected chi connectivity index (χ1v) is 9.31. The molecule has 2 N–H and O–H groups in total. The number of carbonyl (C=O) groups excluding carboxylic acids is 1. The van der Waals surface area contributed by atoms with E-state index in [0.29, 0.717) is 31.2 Å². The van der Waals surface area contributed by atoms with Crippen LogP contribution in [0.5, 0.6) is 0 Å². The SMILES string of the molecule is CC(C)Cc1cc(C(=O)NCc2cccc(N3CCOCC3)n2)cc(=O)[nH]1. The van der Waals surface area contributed by atoms with Gasteiger partial charge in [-0.3, -0.25) is 9.59 Å². The fraction of sp³-hybridized carbons (Fsp3) is 0.450. The second kappa shape index (κ2) is 8.81. The van der Waals surface area contributed by atoms with Crippen LogP contribution in [0.15, 0.2) is 35.1 Å². The number of amides is 1. The van der Waals surface area contributed by atoms with Gasteiger partial charge in [-0.1, -0.05) is 19.9 Å². The van der Waals surface area contributed by atoms with Gasteiger partial charge in [-0.05, 0) is 30.5 Å². The summed E-state index contributed by atoms with van der Waals surface area (Å²) in [6.07, 6.45) is 0.722. The topological polar surface area (TPSA) is 87.3 Å². The van der Waals surface area contributed by atoms with Crippen molar-refractivity contribution in [3.8, 4) is 0 Å². The fourth-order valence-electron chi connectivity index (χ4n) is 3.09. The number of nitrogens with zero attached hydrogens (tertiary/aromatic N) is 2. The summed E-state index contributed by atoms with van der Waals surface area (Å²) in [5.41, 5.74) is 1.67. The average Bonchev–Trinajstić information content (AvgIpc) is 2.66. The lowest BCUT2D eigenvalue weighted by atomic mass is 10.1. The zero-order valence-electron chi connectivity index (χ0n) is 15.8. The van der Waals surface area contributed by atoms with Crippen LogP contribution in [0.25, 0.3) is 0 Å². The van der Waals surface area contributed by atoms with E-state index < -0.39 is 0 Å². The van der Waals surface area contributed by atoms with Crippen molar-refractivity contribution in [2.24, 2.45) is 5.92 Å². The van der Waals surface area contributed by atoms with Gasteiger partial charge < -0.3 is 19.9 Å². The molecule has 0 bridgehead atoms. The minimum atomic E-state index is -0.273. The summed E-state index contributed by atoms with van der Waals surface area (Å²) in [6.45, 7) is 7.47. The second-order valence-electron chi connectivity index (χ2n) is 7.13. The summed E-state index contributed by atoms with van der Waals surface area (Å²) in [4.78, 5) is 33.9. The van der Waals surface area contributed by atoms with Crippen LogP contribution in [0.4, 0.5) is 5.82 Å². The van der Waals surface area contributed by atoms with Crippen LogP contribution < -0.4 is 15.8 Å². The van der Waals surface area contributed by atoms with Crippen molar-refractivity contribution >= 4 is 11.7 Å². The van der Waals surface area contributed by atoms with Gasteiger partial charge in [0.15, 0.2) is 0 Å². The van der Waals surface area contributed by atoms with E-state index in [9.17, 15) is 9.59 Å². The van der Waals surface area contributed by atoms with Gasteiger partial charge in [0.05, 0.1) is 25.5 Å². The summed E-state index contributed by atoms with van der Waals surface area (Å²) in [7, 11) is 0. The third-order valence-corrected chi connectivity index (χ3v) is 4.35. The zero-order valence-corrected chi connectivity index (χ0v) is 15.8. The van der Waals surface area contributed by atoms with Gasteiger partial charge in [0, 0.05) is 30.4 Å². The van der Waals surface area contributed by atoms with E-state index >= 15 is 0 Å². The molecule has 0 spiro atoms. The largest absolute Gasteiger partial charge is 0.378 e. The Balaban J connectivity index is 1.65. The van der Waals surface area contributed by atoms with Crippen molar-refractivity contribution < 1.29 is 9.53 Å². The van der Waals surface area contributed by atoms with Gasteiger partial charge in [0.1, 0.15) is 5.82 Å². The molecule has 2 aromatic heterocycles. The van der Waals surface area contributed by atoms with E-state index in [-0.39, 0.29) is 11.5 Å². The molecule has 3 rings (SSSR count). The molecule has 0 saturated carbocycles. The van der Waals surface area contributed by atoms with E-state index in [1.165, 1.54) is 6.07 Å². The quantitative estimate of drug-likeness (QED) is 0.809. The van der Waals surface area contributed by atoms with Crippen LogP contribution in [0.2, 0.25) is 0 Å². The number of aromatic nitrogens is 2. The van der Waals surface area contributed by atoms with Crippen LogP contribution in [-0.4, -0.2) is 42.2 Å². The standard InChI is InChI=1S/C20H26N4O3/c1-14(2)10-17-11-15(12-19(25)23-17)20(26)21-13-16-4-3-5-18(22-16)24-6-8-27-9-7-24/h3-5,11-12,14H,6-10,13H2,1-2H3,(H,21,26)(H,23,25). The van der Waals surface area contributed by atoms with Gasteiger partial charge in [-0.25, -0.2) is 4.98 Å². The monoisotopic (exact) mass is 370 g/mol. The molecule has 1 saturated heterocycles. The van der Waals surface area contributed by atoms with Gasteiger partial charge >= 0.3 is 0 Å². The number of hydrogen-bond acceptors (Lipinski definition) is 5. The Hall–Kier alpha value is -2.67. The number of H-pyrrole nitrogens is 1. The molecule has 7 heteroatoms. The molecule has 0 unspecified atom stereocenters. The van der Waals surface area contributed by atoms with Gasteiger partial charge in [0.2, 0.25) is 5.56 Å². The third kappa shape index (κ3) is 5.40. The Morgan fingerprint density at radius 3 is 2.81 bits per heavy atom. The highest BCUT2D eigenvalue weighted by Gasteiger charge is 2.13. The van der Waals surface area contributed by atoms with Gasteiger partial charge in [0.25, 0.3) is 5.91 Å². The maximum atomic E-state index is 12.5. The molecule has 27 heavy (non-hydrogen) atoms. The first-order valence-electron chi connectivity index (χ1n) is 9.31. The second-order valence-corrected chi connectivity index (χ2v) is 7.13. The molecule has 0 radical (unpaired) electrons. The molecular weight excluding hydrogens is 344 g/mol. The Morgan fingerprint density at radius 1 is 1.30 bits per heavy atom. The van der Waals surface area contributed by atoms with Crippen molar-refractivity contribution in [2.45, 2.75) is 26.8 Å². The molecule has 1 aliphatic rings. The summed E-state index contributed by atoms with van der Waals surface area (Å²) in [6, 6.07) is 8.86. The lowest BCUT2D eigenvalue weighted by Crippen LogP contribution is -2.37. The summed E-state index contributed by atoms with van der Waals surface area (Å²) < 4.78 is 5.37. The highest BCUT2D eigenvalue weighted by molar-refractivity contribution is 5.94. The Kier molecular flexibility index (Phi) is 6.24. The van der Waals surface area contributed by atoms with Crippen LogP contribution in [0, 0.1) is 5.92 Å². The van der Waals surface area contributed by atoms with Crippen LogP contribution in [0.1, 0.15) is 35.6 Å². The van der Waals surface area contributed by atoms with E-state index in [1.807, 2.05) is 18.2 Å². The summed E-state index contributed by atoms with van der Waals surface area (Å²) in [5, 5.41) is 2.86. The van der Waals surface area contributed by atoms with Crippen molar-refractivity contribution in [3.05, 3.63) is 57.6 Å². The van der Waals surface area contributed by atoms with E-state index in [0.717, 1.165) is 36.7 Å². The van der Waals surface area contributed by atoms with Crippen LogP contribution in [0.3, 0.4) is 0 Å². The first-order chi connectivity index (χ1) is 13.0. The van der Waals surface area contributed by atoms with Crippen LogP contribution >= 0.6 is 0 Å². The minimum absolute atomic E-state index is 0.259. The maximum absolute atomic E-state index is 12.5. The lowest BCUT2D eigenvalue weighted by molar-refractivity contribution is 0.0950. The number of rotatable bonds is 6. The smallest absolute Gasteiger partial charge is 0.251 e. The molecule has 0 aliphatic carbocycles. The molecule has 1 amide bonds. The Labute approximate surface area is 158 Å². The van der Waals surface area contributed by atoms with E-state index in [1.54, 1.807) is 6.07 Å². The lowest BCUT2D eigenvalue weighted by Gasteiger charge is -2.28. The summed E-state index contributed by atoms with van der Waals surface area (Å²) in [5.74, 6) is 1.01. The van der Waals surface area contributed by atoms with Gasteiger partial charge in [-0.15, -0.1) is 0 Å². The molecule has 3 heterocycles. The normalized spacial score (nSPS) is 14.4. The summed E-state index contributed by atoms with van der Waals surface area (Å²) >= 11 is 0. The Bertz CT molecular complexity index is 841. The third-order valence-electron chi connectivity index (χ3n) is 4.35. The maximum Gasteiger partial charge on any atom is 0.251 e. The molecular formula is C20H26N4O3. The van der Waals surface area contributed by atoms with Crippen molar-refractivity contribution in [3.63, 3.8) is 0 Å². The molecule has 1 aliphatic heterocycles. The molecule has 144 valence electrons. The first kappa shape index (κ1) is 19.1. The van der Waals surface area contributed by atoms with Crippen molar-refractivity contribution in [1.82, 2.24) is 15.3 Å². The van der Waals surface area contributed by atoms with Crippen LogP contribution in [-0.2, 0) is 17.7 Å². The number of morpholine rings is 1. The zero-order chi connectivity index (χ0) is 19.2. The Morgan fingerprint density at radius 2 is 2.07 bits per heavy atom. The number of nitrogens with one attached hydrogen (secondary N) is 2. The number of aromatic amines is 1. The molecule has 0 atom stereocenters. The number of ether oxygens (including phenoxy) is 1. The number of pyridine rings is 2. The average molecular weight is 370 g/mol. The minimum Gasteiger partial charge on any atom is -0.378 e. The molecule has 7 nitrogen and oxygen atoms in total. The van der Waals surface area contributed by atoms with E-state index in [4.69, 9.17) is 4.74 Å². The van der Waals surface area contributed by atoms with Crippen molar-refractivity contribution in [2.75, 3.05) is 31.2 Å². The highest BCUT2D eigenvalue weighted by Crippen LogP contribution is 2.13. The number of anilines is 1. The molecule has 2 aromatic rings. The predicted molar refractivity (Wildman–Crippen MR) is 104 cm³/mol. The predicted octanol–water partition coefficient (Wildman–Crippen LogP) is 1.74. The van der Waals surface area contributed by atoms with Gasteiger partial charge in [-0.2, -0.15) is 0 Å². The highest BCUT2D eigenvalue weighted by atomic mass is 16.5. The molecule has 1 fully saturated rings. The fourth-order valence-corrected chi connectivity index (χ4v) is 3.09. The number of carbonyl (C=O) groups is 1.